The normalized spacial score (nSPS) is 20.3. The lowest BCUT2D eigenvalue weighted by atomic mass is 9.90. The van der Waals surface area contributed by atoms with E-state index in [1.165, 1.54) is 10.4 Å². The zero-order valence-electron chi connectivity index (χ0n) is 14.6. The molecule has 26 heavy (non-hydrogen) atoms. The maximum atomic E-state index is 13.1. The van der Waals surface area contributed by atoms with Gasteiger partial charge >= 0.3 is 0 Å². The fraction of sp³-hybridized carbons (Fsp3) is 0.300. The quantitative estimate of drug-likeness (QED) is 0.745. The Labute approximate surface area is 156 Å². The van der Waals surface area contributed by atoms with E-state index in [1.807, 2.05) is 24.3 Å². The molecule has 2 aromatic heterocycles. The van der Waals surface area contributed by atoms with Gasteiger partial charge in [0.25, 0.3) is 5.91 Å². The van der Waals surface area contributed by atoms with Crippen LogP contribution in [-0.4, -0.2) is 45.1 Å². The van der Waals surface area contributed by atoms with Gasteiger partial charge in [0.2, 0.25) is 0 Å². The van der Waals surface area contributed by atoms with Crippen LogP contribution >= 0.6 is 11.3 Å². The third-order valence-electron chi connectivity index (χ3n) is 5.02. The highest BCUT2D eigenvalue weighted by Crippen LogP contribution is 2.35. The van der Waals surface area contributed by atoms with Crippen LogP contribution in [0.2, 0.25) is 0 Å². The first-order chi connectivity index (χ1) is 12.6. The Bertz CT molecular complexity index is 903. The third-order valence-corrected chi connectivity index (χ3v) is 6.17. The predicted octanol–water partition coefficient (Wildman–Crippen LogP) is 3.44. The molecule has 1 amide bonds. The van der Waals surface area contributed by atoms with E-state index < -0.39 is 6.10 Å². The summed E-state index contributed by atoms with van der Waals surface area (Å²) in [4.78, 5) is 23.4. The zero-order valence-corrected chi connectivity index (χ0v) is 15.4. The number of aryl methyl sites for hydroxylation is 1. The summed E-state index contributed by atoms with van der Waals surface area (Å²) in [6.07, 6.45) is 3.66. The monoisotopic (exact) mass is 367 g/mol. The van der Waals surface area contributed by atoms with Gasteiger partial charge in [-0.2, -0.15) is 0 Å². The lowest BCUT2D eigenvalue weighted by Crippen LogP contribution is -2.45. The van der Waals surface area contributed by atoms with Crippen LogP contribution in [0.5, 0.6) is 0 Å². The summed E-state index contributed by atoms with van der Waals surface area (Å²) in [5, 5.41) is 12.7. The number of thiophene rings is 1. The van der Waals surface area contributed by atoms with Gasteiger partial charge in [0.05, 0.1) is 11.7 Å². The number of imidazole rings is 1. The van der Waals surface area contributed by atoms with Gasteiger partial charge in [0.15, 0.2) is 0 Å². The molecular weight excluding hydrogens is 346 g/mol. The molecule has 1 fully saturated rings. The minimum atomic E-state index is -0.541. The van der Waals surface area contributed by atoms with Gasteiger partial charge in [-0.1, -0.05) is 18.2 Å². The van der Waals surface area contributed by atoms with Gasteiger partial charge in [0.1, 0.15) is 5.82 Å². The van der Waals surface area contributed by atoms with Crippen LogP contribution in [-0.2, 0) is 0 Å². The number of rotatable bonds is 3. The number of H-pyrrole nitrogens is 1. The first-order valence-corrected chi connectivity index (χ1v) is 9.63. The lowest BCUT2D eigenvalue weighted by Gasteiger charge is -2.36. The van der Waals surface area contributed by atoms with Crippen LogP contribution in [0, 0.1) is 6.92 Å². The number of hydrogen-bond donors (Lipinski definition) is 2. The van der Waals surface area contributed by atoms with Crippen molar-refractivity contribution in [2.45, 2.75) is 25.4 Å². The third kappa shape index (κ3) is 3.06. The van der Waals surface area contributed by atoms with Crippen LogP contribution in [0.4, 0.5) is 0 Å². The van der Waals surface area contributed by atoms with Crippen molar-refractivity contribution in [3.8, 4) is 11.4 Å². The molecule has 0 aliphatic carbocycles. The molecular formula is C20H21N3O2S. The topological polar surface area (TPSA) is 69.2 Å². The minimum absolute atomic E-state index is 0.0580. The van der Waals surface area contributed by atoms with Gasteiger partial charge in [-0.15, -0.1) is 11.3 Å². The number of likely N-dealkylation sites (tertiary alicyclic amines) is 1. The average molecular weight is 367 g/mol. The fourth-order valence-electron chi connectivity index (χ4n) is 3.65. The number of aliphatic hydroxyl groups is 1. The van der Waals surface area contributed by atoms with Crippen molar-refractivity contribution in [2.24, 2.45) is 0 Å². The van der Waals surface area contributed by atoms with E-state index in [9.17, 15) is 9.90 Å². The number of aromatic amines is 1. The van der Waals surface area contributed by atoms with Crippen LogP contribution in [0.15, 0.2) is 48.1 Å². The molecule has 1 aliphatic rings. The van der Waals surface area contributed by atoms with E-state index >= 15 is 0 Å². The molecule has 2 N–H and O–H groups in total. The molecule has 4 rings (SSSR count). The highest BCUT2D eigenvalue weighted by atomic mass is 32.1. The van der Waals surface area contributed by atoms with Crippen LogP contribution < -0.4 is 0 Å². The Morgan fingerprint density at radius 1 is 1.35 bits per heavy atom. The smallest absolute Gasteiger partial charge is 0.254 e. The molecule has 1 aliphatic heterocycles. The molecule has 134 valence electrons. The first kappa shape index (κ1) is 17.0. The fourth-order valence-corrected chi connectivity index (χ4v) is 4.77. The number of benzene rings is 1. The second kappa shape index (κ2) is 7.05. The van der Waals surface area contributed by atoms with Crippen LogP contribution in [0.3, 0.4) is 0 Å². The number of carbonyl (C=O) groups is 1. The summed E-state index contributed by atoms with van der Waals surface area (Å²) in [7, 11) is 0. The van der Waals surface area contributed by atoms with Crippen LogP contribution in [0.25, 0.3) is 11.4 Å². The highest BCUT2D eigenvalue weighted by Gasteiger charge is 2.33. The number of carbonyl (C=O) groups excluding carboxylic acids is 1. The number of aromatic nitrogens is 2. The first-order valence-electron chi connectivity index (χ1n) is 8.75. The molecule has 0 spiro atoms. The molecule has 0 bridgehead atoms. The number of amides is 1. The standard InChI is InChI=1S/C20H21N3O2S/c1-13-7-11-26-18(13)16-6-10-23(12-17(16)24)20(25)15-5-3-2-4-14(15)19-21-8-9-22-19/h2-5,7-9,11,16-17,24H,6,10,12H2,1H3,(H,21,22)/t16-,17-/m1/s1. The van der Waals surface area contributed by atoms with Gasteiger partial charge in [-0.05, 0) is 36.4 Å². The van der Waals surface area contributed by atoms with Gasteiger partial charge in [0, 0.05) is 41.8 Å². The van der Waals surface area contributed by atoms with Crippen molar-refractivity contribution in [1.82, 2.24) is 14.9 Å². The highest BCUT2D eigenvalue weighted by molar-refractivity contribution is 7.10. The van der Waals surface area contributed by atoms with Gasteiger partial charge in [-0.25, -0.2) is 4.98 Å². The number of nitrogens with one attached hydrogen (secondary N) is 1. The molecule has 5 nitrogen and oxygen atoms in total. The number of hydrogen-bond acceptors (Lipinski definition) is 4. The predicted molar refractivity (Wildman–Crippen MR) is 102 cm³/mol. The number of β-amino-alcohol motifs (C(OH)–C–C–N with tert-alkyl or cyclic N) is 1. The molecule has 2 atom stereocenters. The molecule has 0 saturated carbocycles. The van der Waals surface area contributed by atoms with E-state index in [2.05, 4.69) is 28.3 Å². The van der Waals surface area contributed by atoms with Gasteiger partial charge < -0.3 is 15.0 Å². The molecule has 0 radical (unpaired) electrons. The zero-order chi connectivity index (χ0) is 18.1. The SMILES string of the molecule is Cc1ccsc1[C@@H]1CCN(C(=O)c2ccccc2-c2ncc[nH]2)C[C@H]1O. The second-order valence-electron chi connectivity index (χ2n) is 6.66. The molecule has 3 heterocycles. The lowest BCUT2D eigenvalue weighted by molar-refractivity contribution is 0.0387. The Morgan fingerprint density at radius 2 is 2.19 bits per heavy atom. The largest absolute Gasteiger partial charge is 0.391 e. The van der Waals surface area contributed by atoms with E-state index in [0.29, 0.717) is 24.5 Å². The molecule has 1 saturated heterocycles. The maximum absolute atomic E-state index is 13.1. The minimum Gasteiger partial charge on any atom is -0.391 e. The summed E-state index contributed by atoms with van der Waals surface area (Å²) in [5.74, 6) is 0.732. The number of piperidine rings is 1. The van der Waals surface area contributed by atoms with Gasteiger partial charge in [-0.3, -0.25) is 4.79 Å². The summed E-state index contributed by atoms with van der Waals surface area (Å²) in [6, 6.07) is 9.56. The number of nitrogens with zero attached hydrogens (tertiary/aromatic N) is 2. The Hall–Kier alpha value is -2.44. The maximum Gasteiger partial charge on any atom is 0.254 e. The van der Waals surface area contributed by atoms with Crippen molar-refractivity contribution < 1.29 is 9.90 Å². The average Bonchev–Trinajstić information content (AvgIpc) is 3.33. The van der Waals surface area contributed by atoms with Crippen molar-refractivity contribution >= 4 is 17.2 Å². The van der Waals surface area contributed by atoms with E-state index in [4.69, 9.17) is 0 Å². The molecule has 6 heteroatoms. The Morgan fingerprint density at radius 3 is 2.88 bits per heavy atom. The Balaban J connectivity index is 1.55. The molecule has 0 unspecified atom stereocenters. The number of aliphatic hydroxyl groups excluding tert-OH is 1. The molecule has 1 aromatic carbocycles. The summed E-state index contributed by atoms with van der Waals surface area (Å²) in [5.41, 5.74) is 2.62. The second-order valence-corrected chi connectivity index (χ2v) is 7.61. The summed E-state index contributed by atoms with van der Waals surface area (Å²) >= 11 is 1.69. The van der Waals surface area contributed by atoms with E-state index in [1.54, 1.807) is 28.6 Å². The summed E-state index contributed by atoms with van der Waals surface area (Å²) in [6.45, 7) is 3.08. The van der Waals surface area contributed by atoms with E-state index in [-0.39, 0.29) is 11.8 Å². The van der Waals surface area contributed by atoms with Crippen molar-refractivity contribution in [3.05, 3.63) is 64.1 Å². The van der Waals surface area contributed by atoms with Crippen molar-refractivity contribution in [3.63, 3.8) is 0 Å². The summed E-state index contributed by atoms with van der Waals surface area (Å²) < 4.78 is 0. The van der Waals surface area contributed by atoms with E-state index in [0.717, 1.165) is 12.0 Å². The molecule has 3 aromatic rings. The van der Waals surface area contributed by atoms with Crippen molar-refractivity contribution in [2.75, 3.05) is 13.1 Å². The van der Waals surface area contributed by atoms with Crippen molar-refractivity contribution in [1.29, 1.82) is 0 Å². The van der Waals surface area contributed by atoms with Crippen LogP contribution in [0.1, 0.15) is 33.1 Å². The Kier molecular flexibility index (Phi) is 4.61.